The van der Waals surface area contributed by atoms with E-state index in [-0.39, 0.29) is 6.42 Å². The Hall–Kier alpha value is -1.41. The maximum absolute atomic E-state index is 13.2. The maximum atomic E-state index is 13.2. The van der Waals surface area contributed by atoms with Gasteiger partial charge < -0.3 is 50.5 Å². The molecule has 9 atom stereocenters. The van der Waals surface area contributed by atoms with Crippen LogP contribution >= 0.6 is 0 Å². The predicted octanol–water partition coefficient (Wildman–Crippen LogP) is 16.4. The van der Waals surface area contributed by atoms with Gasteiger partial charge in [-0.05, 0) is 44.9 Å². The van der Waals surface area contributed by atoms with Crippen molar-refractivity contribution < 1.29 is 50.0 Å². The second kappa shape index (κ2) is 58.0. The van der Waals surface area contributed by atoms with Gasteiger partial charge in [0.05, 0.1) is 25.4 Å². The first-order valence-electron chi connectivity index (χ1n) is 34.7. The first-order chi connectivity index (χ1) is 39.2. The highest BCUT2D eigenvalue weighted by atomic mass is 16.7. The Balaban J connectivity index is 2.17. The number of amides is 1. The highest BCUT2D eigenvalue weighted by Crippen LogP contribution is 2.24. The van der Waals surface area contributed by atoms with Crippen LogP contribution in [0.4, 0.5) is 0 Å². The molecule has 1 saturated heterocycles. The lowest BCUT2D eigenvalue weighted by atomic mass is 9.98. The van der Waals surface area contributed by atoms with E-state index in [0.29, 0.717) is 19.3 Å². The van der Waals surface area contributed by atoms with Crippen molar-refractivity contribution in [3.63, 3.8) is 0 Å². The zero-order valence-corrected chi connectivity index (χ0v) is 52.3. The SMILES string of the molecule is CCCCCCCCCCCCC/C=C\C/C=C\CCCCCCCCCCCCCCCCCCC(O)C(=O)NC(COC1OC(CO)C(O)C(O)C1O)C(O)C(O)CCCCCCCCCCCCCCCCCCCCC. The van der Waals surface area contributed by atoms with Crippen LogP contribution < -0.4 is 5.32 Å². The molecule has 1 amide bonds. The summed E-state index contributed by atoms with van der Waals surface area (Å²) in [5, 5.41) is 76.4. The van der Waals surface area contributed by atoms with E-state index in [0.717, 1.165) is 44.9 Å². The Kier molecular flexibility index (Phi) is 55.5. The molecular weight excluding hydrogens is 1000 g/mol. The van der Waals surface area contributed by atoms with Crippen molar-refractivity contribution in [2.75, 3.05) is 13.2 Å². The predicted molar refractivity (Wildman–Crippen MR) is 335 cm³/mol. The minimum atomic E-state index is -1.66. The average molecular weight is 1140 g/mol. The molecule has 1 aliphatic heterocycles. The van der Waals surface area contributed by atoms with Crippen LogP contribution in [-0.2, 0) is 14.3 Å². The third-order valence-corrected chi connectivity index (χ3v) is 17.0. The Labute approximate surface area is 493 Å². The van der Waals surface area contributed by atoms with Gasteiger partial charge in [-0.15, -0.1) is 0 Å². The zero-order chi connectivity index (χ0) is 58.2. The molecule has 8 N–H and O–H groups in total. The average Bonchev–Trinajstić information content (AvgIpc) is 3.47. The van der Waals surface area contributed by atoms with Gasteiger partial charge in [0.2, 0.25) is 5.91 Å². The molecule has 1 rings (SSSR count). The molecule has 0 radical (unpaired) electrons. The standard InChI is InChI=1S/C69H133NO10/c1-3-5-7-9-11-13-15-17-19-21-23-24-25-26-27-28-29-30-31-32-33-34-35-36-37-39-41-43-45-47-49-51-53-55-57-62(73)68(78)70-60(59-79-69-67(77)66(76)65(75)63(58-71)80-69)64(74)61(72)56-54-52-50-48-46-44-42-40-38-22-20-18-16-14-12-10-8-6-4-2/h25-26,28-29,60-67,69,71-77H,3-24,27,30-59H2,1-2H3,(H,70,78)/b26-25-,29-28-. The topological polar surface area (TPSA) is 189 Å². The molecule has 0 bridgehead atoms. The van der Waals surface area contributed by atoms with Crippen molar-refractivity contribution in [3.05, 3.63) is 24.3 Å². The van der Waals surface area contributed by atoms with Gasteiger partial charge >= 0.3 is 0 Å². The molecule has 1 heterocycles. The molecule has 0 saturated carbocycles. The van der Waals surface area contributed by atoms with Crippen LogP contribution in [-0.4, -0.2) is 110 Å². The summed E-state index contributed by atoms with van der Waals surface area (Å²) in [5.41, 5.74) is 0. The summed E-state index contributed by atoms with van der Waals surface area (Å²) in [6, 6.07) is -1.17. The van der Waals surface area contributed by atoms with Crippen molar-refractivity contribution in [1.82, 2.24) is 5.32 Å². The van der Waals surface area contributed by atoms with Crippen LogP contribution in [0.5, 0.6) is 0 Å². The largest absolute Gasteiger partial charge is 0.394 e. The van der Waals surface area contributed by atoms with Gasteiger partial charge in [-0.1, -0.05) is 321 Å². The number of rotatable bonds is 61. The third-order valence-electron chi connectivity index (χ3n) is 17.0. The Morgan fingerprint density at radius 3 is 1.11 bits per heavy atom. The number of nitrogens with one attached hydrogen (secondary N) is 1. The van der Waals surface area contributed by atoms with Gasteiger partial charge in [-0.2, -0.15) is 0 Å². The third kappa shape index (κ3) is 45.0. The van der Waals surface area contributed by atoms with Crippen molar-refractivity contribution in [2.24, 2.45) is 0 Å². The minimum absolute atomic E-state index is 0.263. The lowest BCUT2D eigenvalue weighted by molar-refractivity contribution is -0.303. The Morgan fingerprint density at radius 2 is 0.762 bits per heavy atom. The van der Waals surface area contributed by atoms with Crippen molar-refractivity contribution in [1.29, 1.82) is 0 Å². The number of aliphatic hydroxyl groups is 7. The summed E-state index contributed by atoms with van der Waals surface area (Å²) in [6.07, 6.45) is 61.1. The van der Waals surface area contributed by atoms with Gasteiger partial charge in [0.15, 0.2) is 6.29 Å². The van der Waals surface area contributed by atoms with E-state index >= 15 is 0 Å². The smallest absolute Gasteiger partial charge is 0.249 e. The van der Waals surface area contributed by atoms with Crippen LogP contribution in [0.2, 0.25) is 0 Å². The second-order valence-electron chi connectivity index (χ2n) is 24.6. The van der Waals surface area contributed by atoms with Crippen molar-refractivity contribution in [3.8, 4) is 0 Å². The quantitative estimate of drug-likeness (QED) is 0.0215. The van der Waals surface area contributed by atoms with E-state index in [1.54, 1.807) is 0 Å². The molecule has 474 valence electrons. The lowest BCUT2D eigenvalue weighted by Gasteiger charge is -2.40. The summed E-state index contributed by atoms with van der Waals surface area (Å²) in [4.78, 5) is 13.2. The number of unbranched alkanes of at least 4 members (excludes halogenated alkanes) is 45. The number of aliphatic hydroxyl groups excluding tert-OH is 7. The lowest BCUT2D eigenvalue weighted by Crippen LogP contribution is -2.60. The molecule has 11 heteroatoms. The number of hydrogen-bond donors (Lipinski definition) is 8. The number of carbonyl (C=O) groups excluding carboxylic acids is 1. The van der Waals surface area contributed by atoms with Gasteiger partial charge in [-0.3, -0.25) is 4.79 Å². The minimum Gasteiger partial charge on any atom is -0.394 e. The number of ether oxygens (including phenoxy) is 2. The molecule has 0 aliphatic carbocycles. The summed E-state index contributed by atoms with van der Waals surface area (Å²) < 4.78 is 11.2. The normalized spacial score (nSPS) is 19.3. The van der Waals surface area contributed by atoms with Crippen molar-refractivity contribution in [2.45, 2.75) is 396 Å². The van der Waals surface area contributed by atoms with Crippen LogP contribution in [0, 0.1) is 0 Å². The summed E-state index contributed by atoms with van der Waals surface area (Å²) >= 11 is 0. The highest BCUT2D eigenvalue weighted by Gasteiger charge is 2.44. The first-order valence-corrected chi connectivity index (χ1v) is 34.7. The van der Waals surface area contributed by atoms with E-state index in [4.69, 9.17) is 9.47 Å². The molecule has 11 nitrogen and oxygen atoms in total. The number of carbonyl (C=O) groups is 1. The molecule has 0 aromatic rings. The summed E-state index contributed by atoms with van der Waals surface area (Å²) in [7, 11) is 0. The van der Waals surface area contributed by atoms with E-state index in [2.05, 4.69) is 43.5 Å². The molecule has 1 aliphatic rings. The molecule has 1 fully saturated rings. The van der Waals surface area contributed by atoms with E-state index in [1.165, 1.54) is 257 Å². The fourth-order valence-electron chi connectivity index (χ4n) is 11.4. The number of allylic oxidation sites excluding steroid dienone is 4. The van der Waals surface area contributed by atoms with Gasteiger partial charge in [0.1, 0.15) is 36.6 Å². The van der Waals surface area contributed by atoms with Crippen LogP contribution in [0.25, 0.3) is 0 Å². The van der Waals surface area contributed by atoms with E-state index in [9.17, 15) is 40.5 Å². The van der Waals surface area contributed by atoms with Gasteiger partial charge in [0, 0.05) is 0 Å². The van der Waals surface area contributed by atoms with Crippen molar-refractivity contribution >= 4 is 5.91 Å². The molecule has 9 unspecified atom stereocenters. The second-order valence-corrected chi connectivity index (χ2v) is 24.6. The van der Waals surface area contributed by atoms with E-state index in [1.807, 2.05) is 0 Å². The number of hydrogen-bond acceptors (Lipinski definition) is 10. The van der Waals surface area contributed by atoms with Gasteiger partial charge in [0.25, 0.3) is 0 Å². The Bertz CT molecular complexity index is 1350. The Morgan fingerprint density at radius 1 is 0.438 bits per heavy atom. The van der Waals surface area contributed by atoms with E-state index < -0.39 is 74.2 Å². The first kappa shape index (κ1) is 76.6. The fraction of sp³-hybridized carbons (Fsp3) is 0.928. The molecule has 0 aromatic heterocycles. The monoisotopic (exact) mass is 1140 g/mol. The maximum Gasteiger partial charge on any atom is 0.249 e. The summed E-state index contributed by atoms with van der Waals surface area (Å²) in [6.45, 7) is 3.51. The molecule has 80 heavy (non-hydrogen) atoms. The van der Waals surface area contributed by atoms with Gasteiger partial charge in [-0.25, -0.2) is 0 Å². The zero-order valence-electron chi connectivity index (χ0n) is 52.3. The fourth-order valence-corrected chi connectivity index (χ4v) is 11.4. The highest BCUT2D eigenvalue weighted by molar-refractivity contribution is 5.80. The van der Waals surface area contributed by atoms with Crippen LogP contribution in [0.3, 0.4) is 0 Å². The van der Waals surface area contributed by atoms with Crippen LogP contribution in [0.15, 0.2) is 24.3 Å². The van der Waals surface area contributed by atoms with Crippen LogP contribution in [0.1, 0.15) is 341 Å². The molecule has 0 aromatic carbocycles. The summed E-state index contributed by atoms with van der Waals surface area (Å²) in [5.74, 6) is -0.691. The molecular formula is C69H133NO10. The molecule has 0 spiro atoms.